The molecule has 282 valence electrons. The van der Waals surface area contributed by atoms with Gasteiger partial charge in [-0.2, -0.15) is 105 Å². The molecule has 0 bridgehead atoms. The fraction of sp³-hybridized carbons (Fsp3) is 0.700. The highest BCUT2D eigenvalue weighted by atomic mass is 19.4. The van der Waals surface area contributed by atoms with Crippen LogP contribution in [0.3, 0.4) is 0 Å². The van der Waals surface area contributed by atoms with Gasteiger partial charge in [-0.25, -0.2) is 0 Å². The van der Waals surface area contributed by atoms with Crippen molar-refractivity contribution in [3.05, 3.63) is 33.4 Å². The number of halogens is 24. The summed E-state index contributed by atoms with van der Waals surface area (Å²) in [7, 11) is 0. The van der Waals surface area contributed by atoms with E-state index in [4.69, 9.17) is 0 Å². The lowest BCUT2D eigenvalue weighted by Crippen LogP contribution is -2.64. The molecule has 0 aliphatic carbocycles. The van der Waals surface area contributed by atoms with E-state index in [0.29, 0.717) is 0 Å². The van der Waals surface area contributed by atoms with E-state index < -0.39 is 119 Å². The second-order valence-corrected chi connectivity index (χ2v) is 9.57. The molecule has 0 aromatic heterocycles. The summed E-state index contributed by atoms with van der Waals surface area (Å²) in [5.74, 6) is 0. The average Bonchev–Trinajstić information content (AvgIpc) is 2.77. The van der Waals surface area contributed by atoms with Crippen LogP contribution in [0, 0.1) is 13.8 Å². The molecule has 0 amide bonds. The molecule has 1 aromatic rings. The van der Waals surface area contributed by atoms with Crippen molar-refractivity contribution in [1.29, 1.82) is 0 Å². The lowest BCUT2D eigenvalue weighted by atomic mass is 9.66. The highest BCUT2D eigenvalue weighted by Gasteiger charge is 2.84. The minimum Gasteiger partial charge on any atom is -0.369 e. The highest BCUT2D eigenvalue weighted by Crippen LogP contribution is 2.66. The van der Waals surface area contributed by atoms with Crippen LogP contribution >= 0.6 is 0 Å². The van der Waals surface area contributed by atoms with Gasteiger partial charge in [0.15, 0.2) is 0 Å². The van der Waals surface area contributed by atoms with Gasteiger partial charge in [-0.3, -0.25) is 0 Å². The van der Waals surface area contributed by atoms with Crippen molar-refractivity contribution in [2.75, 3.05) is 0 Å². The summed E-state index contributed by atoms with van der Waals surface area (Å²) in [6.07, 6.45) is -66.0. The van der Waals surface area contributed by atoms with Gasteiger partial charge in [0.1, 0.15) is 0 Å². The molecule has 0 fully saturated rings. The third-order valence-electron chi connectivity index (χ3n) is 6.79. The van der Waals surface area contributed by atoms with Crippen LogP contribution in [0.25, 0.3) is 0 Å². The minimum atomic E-state index is -8.43. The predicted molar refractivity (Wildman–Crippen MR) is 99.9 cm³/mol. The molecule has 0 radical (unpaired) electrons. The molecule has 0 heterocycles. The SMILES string of the molecule is Cc1c(C)c(C(O)(C(F)(F)F)C(F)(F)F)c(C(O)(C(F)(F)F)C(F)(F)F)c(C(O)(C(F)(F)F)C(F)(F)F)c1C(O)(C(F)(F)F)C(F)(F)F. The van der Waals surface area contributed by atoms with Crippen molar-refractivity contribution in [1.82, 2.24) is 0 Å². The lowest BCUT2D eigenvalue weighted by Gasteiger charge is -2.47. The summed E-state index contributed by atoms with van der Waals surface area (Å²) in [5.41, 5.74) is -59.6. The van der Waals surface area contributed by atoms with Crippen LogP contribution in [-0.2, 0) is 22.4 Å². The largest absolute Gasteiger partial charge is 0.430 e. The van der Waals surface area contributed by atoms with E-state index in [1.54, 1.807) is 0 Å². The number of hydrogen-bond donors (Lipinski definition) is 4. The van der Waals surface area contributed by atoms with Crippen LogP contribution in [0.1, 0.15) is 33.4 Å². The molecule has 0 aliphatic heterocycles. The summed E-state index contributed by atoms with van der Waals surface area (Å²) in [6, 6.07) is 0. The Hall–Kier alpha value is -2.62. The molecule has 1 aromatic carbocycles. The first kappa shape index (κ1) is 43.4. The van der Waals surface area contributed by atoms with Crippen LogP contribution < -0.4 is 0 Å². The zero-order valence-corrected chi connectivity index (χ0v) is 21.9. The smallest absolute Gasteiger partial charge is 0.369 e. The zero-order valence-electron chi connectivity index (χ0n) is 21.9. The van der Waals surface area contributed by atoms with Gasteiger partial charge in [-0.1, -0.05) is 0 Å². The molecule has 0 unspecified atom stereocenters. The van der Waals surface area contributed by atoms with Crippen molar-refractivity contribution >= 4 is 0 Å². The van der Waals surface area contributed by atoms with Gasteiger partial charge in [0.2, 0.25) is 0 Å². The Morgan fingerprint density at radius 1 is 0.250 bits per heavy atom. The van der Waals surface area contributed by atoms with E-state index >= 15 is 0 Å². The second-order valence-electron chi connectivity index (χ2n) is 9.57. The van der Waals surface area contributed by atoms with Gasteiger partial charge in [0, 0.05) is 22.3 Å². The van der Waals surface area contributed by atoms with Crippen LogP contribution in [0.4, 0.5) is 105 Å². The molecule has 4 nitrogen and oxygen atoms in total. The van der Waals surface area contributed by atoms with E-state index in [1.807, 2.05) is 0 Å². The first-order valence-electron chi connectivity index (χ1n) is 10.9. The number of hydrogen-bond acceptors (Lipinski definition) is 4. The number of benzene rings is 1. The molecule has 0 saturated heterocycles. The molecule has 1 rings (SSSR count). The van der Waals surface area contributed by atoms with Crippen molar-refractivity contribution < 1.29 is 126 Å². The van der Waals surface area contributed by atoms with Crippen LogP contribution in [-0.4, -0.2) is 69.8 Å². The fourth-order valence-electron chi connectivity index (χ4n) is 4.40. The second kappa shape index (κ2) is 10.9. The predicted octanol–water partition coefficient (Wildman–Crippen LogP) is 7.55. The quantitative estimate of drug-likeness (QED) is 0.239. The summed E-state index contributed by atoms with van der Waals surface area (Å²) in [5, 5.41) is 38.9. The van der Waals surface area contributed by atoms with Crippen LogP contribution in [0.15, 0.2) is 0 Å². The molecule has 0 spiro atoms. The van der Waals surface area contributed by atoms with Crippen LogP contribution in [0.5, 0.6) is 0 Å². The first-order chi connectivity index (χ1) is 20.3. The van der Waals surface area contributed by atoms with Gasteiger partial charge < -0.3 is 20.4 Å². The third-order valence-corrected chi connectivity index (χ3v) is 6.79. The Kier molecular flexibility index (Phi) is 9.89. The minimum absolute atomic E-state index is 0.982. The Labute approximate surface area is 246 Å². The summed E-state index contributed by atoms with van der Waals surface area (Å²) < 4.78 is 334. The Morgan fingerprint density at radius 2 is 0.354 bits per heavy atom. The molecule has 0 aliphatic rings. The normalized spacial score (nSPS) is 16.1. The Morgan fingerprint density at radius 3 is 0.458 bits per heavy atom. The summed E-state index contributed by atoms with van der Waals surface area (Å²) in [6.45, 7) is -1.96. The van der Waals surface area contributed by atoms with E-state index in [0.717, 1.165) is 0 Å². The molecule has 4 N–H and O–H groups in total. The maximum atomic E-state index is 14.0. The van der Waals surface area contributed by atoms with Crippen molar-refractivity contribution in [2.45, 2.75) is 85.7 Å². The number of aliphatic hydroxyl groups is 4. The van der Waals surface area contributed by atoms with E-state index in [2.05, 4.69) is 0 Å². The van der Waals surface area contributed by atoms with Crippen molar-refractivity contribution in [3.63, 3.8) is 0 Å². The van der Waals surface area contributed by atoms with Gasteiger partial charge in [0.25, 0.3) is 22.4 Å². The highest BCUT2D eigenvalue weighted by molar-refractivity contribution is 5.62. The summed E-state index contributed by atoms with van der Waals surface area (Å²) in [4.78, 5) is 0. The molecular weight excluding hydrogens is 760 g/mol. The maximum absolute atomic E-state index is 14.0. The topological polar surface area (TPSA) is 80.9 Å². The Balaban J connectivity index is 5.80. The molecule has 28 heteroatoms. The van der Waals surface area contributed by atoms with Crippen molar-refractivity contribution in [3.8, 4) is 0 Å². The Bertz CT molecular complexity index is 1220. The summed E-state index contributed by atoms with van der Waals surface area (Å²) >= 11 is 0. The molecule has 48 heavy (non-hydrogen) atoms. The standard InChI is InChI=1S/C20H10F24O4/c1-3-4(2)6(10(46,15(27,28)29)16(30,31)32)8(12(48,19(39,40)41)20(42,43)44)7(11(47,17(33,34)35)18(36,37)38)5(3)9(45,13(21,22)23)14(24,25)26/h45-48H,1-2H3. The lowest BCUT2D eigenvalue weighted by molar-refractivity contribution is -0.397. The molecule has 0 saturated carbocycles. The number of rotatable bonds is 4. The van der Waals surface area contributed by atoms with Gasteiger partial charge in [-0.05, 0) is 25.0 Å². The van der Waals surface area contributed by atoms with E-state index in [1.165, 1.54) is 0 Å². The average molecular weight is 770 g/mol. The van der Waals surface area contributed by atoms with E-state index in [-0.39, 0.29) is 0 Å². The van der Waals surface area contributed by atoms with Gasteiger partial charge in [-0.15, -0.1) is 0 Å². The van der Waals surface area contributed by atoms with Crippen molar-refractivity contribution in [2.24, 2.45) is 0 Å². The third kappa shape index (κ3) is 5.65. The van der Waals surface area contributed by atoms with Gasteiger partial charge in [0.05, 0.1) is 0 Å². The first-order valence-corrected chi connectivity index (χ1v) is 10.9. The zero-order chi connectivity index (χ0) is 39.5. The van der Waals surface area contributed by atoms with Gasteiger partial charge >= 0.3 is 49.4 Å². The maximum Gasteiger partial charge on any atom is 0.430 e. The van der Waals surface area contributed by atoms with Crippen LogP contribution in [0.2, 0.25) is 0 Å². The van der Waals surface area contributed by atoms with E-state index in [9.17, 15) is 126 Å². The number of alkyl halides is 24. The fourth-order valence-corrected chi connectivity index (χ4v) is 4.40. The molecular formula is C20H10F24O4. The molecule has 0 atom stereocenters. The monoisotopic (exact) mass is 770 g/mol.